The zero-order chi connectivity index (χ0) is 23.3. The van der Waals surface area contributed by atoms with E-state index in [9.17, 15) is 13.2 Å². The van der Waals surface area contributed by atoms with Crippen molar-refractivity contribution in [3.05, 3.63) is 60.2 Å². The highest BCUT2D eigenvalue weighted by Gasteiger charge is 2.33. The number of sulfonamides is 1. The summed E-state index contributed by atoms with van der Waals surface area (Å²) in [5.41, 5.74) is 1.32. The number of likely N-dealkylation sites (tertiary alicyclic amines) is 1. The number of hydrogen-bond acceptors (Lipinski definition) is 5. The largest absolute Gasteiger partial charge is 0.497 e. The lowest BCUT2D eigenvalue weighted by molar-refractivity contribution is -0.127. The average Bonchev–Trinajstić information content (AvgIpc) is 2.86. The van der Waals surface area contributed by atoms with Gasteiger partial charge in [0.2, 0.25) is 15.9 Å². The van der Waals surface area contributed by atoms with Gasteiger partial charge in [-0.3, -0.25) is 9.69 Å². The Labute approximate surface area is 196 Å². The minimum Gasteiger partial charge on any atom is -0.497 e. The summed E-state index contributed by atoms with van der Waals surface area (Å²) in [6.45, 7) is 3.61. The normalized spacial score (nSPS) is 19.3. The van der Waals surface area contributed by atoms with Crippen molar-refractivity contribution in [3.63, 3.8) is 0 Å². The lowest BCUT2D eigenvalue weighted by Crippen LogP contribution is -2.48. The first-order valence-electron chi connectivity index (χ1n) is 11.7. The Balaban J connectivity index is 1.22. The molecule has 4 rings (SSSR count). The third-order valence-electron chi connectivity index (χ3n) is 6.70. The summed E-state index contributed by atoms with van der Waals surface area (Å²) in [6.07, 6.45) is 2.99. The molecule has 8 heteroatoms. The van der Waals surface area contributed by atoms with E-state index in [2.05, 4.69) is 34.5 Å². The predicted octanol–water partition coefficient (Wildman–Crippen LogP) is 2.88. The van der Waals surface area contributed by atoms with E-state index in [1.807, 2.05) is 6.07 Å². The van der Waals surface area contributed by atoms with Crippen LogP contribution in [0.1, 0.15) is 31.2 Å². The lowest BCUT2D eigenvalue weighted by atomic mass is 9.95. The second-order valence-electron chi connectivity index (χ2n) is 8.90. The smallest absolute Gasteiger partial charge is 0.243 e. The van der Waals surface area contributed by atoms with E-state index in [0.717, 1.165) is 32.5 Å². The molecule has 2 aliphatic heterocycles. The van der Waals surface area contributed by atoms with Gasteiger partial charge in [0.15, 0.2) is 0 Å². The summed E-state index contributed by atoms with van der Waals surface area (Å²) < 4.78 is 32.4. The maximum Gasteiger partial charge on any atom is 0.243 e. The number of benzene rings is 2. The van der Waals surface area contributed by atoms with E-state index in [1.165, 1.54) is 9.87 Å². The molecule has 2 aromatic rings. The maximum atomic E-state index is 12.9. The van der Waals surface area contributed by atoms with Crippen LogP contribution < -0.4 is 10.1 Å². The van der Waals surface area contributed by atoms with Gasteiger partial charge >= 0.3 is 0 Å². The van der Waals surface area contributed by atoms with E-state index >= 15 is 0 Å². The van der Waals surface area contributed by atoms with E-state index in [1.54, 1.807) is 31.4 Å². The molecule has 1 amide bonds. The number of methoxy groups -OCH3 is 1. The topological polar surface area (TPSA) is 79.0 Å². The fourth-order valence-electron chi connectivity index (χ4n) is 4.65. The number of rotatable bonds is 7. The molecule has 2 aromatic carbocycles. The molecule has 0 radical (unpaired) electrons. The first kappa shape index (κ1) is 23.7. The van der Waals surface area contributed by atoms with Crippen molar-refractivity contribution in [1.82, 2.24) is 14.5 Å². The summed E-state index contributed by atoms with van der Waals surface area (Å²) in [5, 5.41) is 3.22. The molecule has 0 aromatic heterocycles. The molecule has 0 aliphatic carbocycles. The van der Waals surface area contributed by atoms with Crippen LogP contribution in [-0.4, -0.2) is 62.9 Å². The van der Waals surface area contributed by atoms with Crippen molar-refractivity contribution < 1.29 is 17.9 Å². The summed E-state index contributed by atoms with van der Waals surface area (Å²) in [4.78, 5) is 15.5. The monoisotopic (exact) mass is 471 g/mol. The number of carbonyl (C=O) groups excluding carboxylic acids is 1. The summed E-state index contributed by atoms with van der Waals surface area (Å²) >= 11 is 0. The van der Waals surface area contributed by atoms with Gasteiger partial charge in [-0.1, -0.05) is 30.3 Å². The van der Waals surface area contributed by atoms with Crippen molar-refractivity contribution in [2.75, 3.05) is 33.3 Å². The standard InChI is InChI=1S/C25H33N3O4S/c1-32-23-7-9-24(10-8-23)33(30,31)28-17-11-21(12-18-28)25(29)26-22-13-15-27(16-14-22)19-20-5-3-2-4-6-20/h2-10,21-22H,11-19H2,1H3,(H,26,29). The van der Waals surface area contributed by atoms with Crippen LogP contribution in [0.25, 0.3) is 0 Å². The fourth-order valence-corrected chi connectivity index (χ4v) is 6.12. The molecule has 0 atom stereocenters. The molecule has 2 heterocycles. The van der Waals surface area contributed by atoms with Crippen LogP contribution in [-0.2, 0) is 21.4 Å². The minimum absolute atomic E-state index is 0.0676. The van der Waals surface area contributed by atoms with Gasteiger partial charge in [0, 0.05) is 44.7 Å². The van der Waals surface area contributed by atoms with Gasteiger partial charge in [-0.25, -0.2) is 8.42 Å². The molecule has 0 bridgehead atoms. The summed E-state index contributed by atoms with van der Waals surface area (Å²) in [6, 6.07) is 17.1. The molecule has 2 fully saturated rings. The number of nitrogens with zero attached hydrogens (tertiary/aromatic N) is 2. The van der Waals surface area contributed by atoms with Crippen LogP contribution in [0.4, 0.5) is 0 Å². The molecule has 33 heavy (non-hydrogen) atoms. The van der Waals surface area contributed by atoms with Gasteiger partial charge in [-0.15, -0.1) is 0 Å². The Hall–Kier alpha value is -2.42. The Morgan fingerprint density at radius 1 is 0.939 bits per heavy atom. The molecule has 2 saturated heterocycles. The second kappa shape index (κ2) is 10.7. The third kappa shape index (κ3) is 5.93. The van der Waals surface area contributed by atoms with Crippen molar-refractivity contribution in [2.24, 2.45) is 5.92 Å². The predicted molar refractivity (Wildman–Crippen MR) is 127 cm³/mol. The SMILES string of the molecule is COc1ccc(S(=O)(=O)N2CCC(C(=O)NC3CCN(Cc4ccccc4)CC3)CC2)cc1. The van der Waals surface area contributed by atoms with Crippen LogP contribution in [0.5, 0.6) is 5.75 Å². The molecule has 1 N–H and O–H groups in total. The number of ether oxygens (including phenoxy) is 1. The number of nitrogens with one attached hydrogen (secondary N) is 1. The molecular weight excluding hydrogens is 438 g/mol. The first-order valence-corrected chi connectivity index (χ1v) is 13.1. The quantitative estimate of drug-likeness (QED) is 0.672. The number of piperidine rings is 2. The Morgan fingerprint density at radius 3 is 2.18 bits per heavy atom. The third-order valence-corrected chi connectivity index (χ3v) is 8.62. The zero-order valence-corrected chi connectivity index (χ0v) is 20.0. The highest BCUT2D eigenvalue weighted by molar-refractivity contribution is 7.89. The summed E-state index contributed by atoms with van der Waals surface area (Å²) in [5.74, 6) is 0.558. The Morgan fingerprint density at radius 2 is 1.58 bits per heavy atom. The molecule has 178 valence electrons. The molecule has 0 spiro atoms. The molecule has 2 aliphatic rings. The molecule has 0 unspecified atom stereocenters. The van der Waals surface area contributed by atoms with E-state index < -0.39 is 10.0 Å². The van der Waals surface area contributed by atoms with Crippen molar-refractivity contribution >= 4 is 15.9 Å². The number of hydrogen-bond donors (Lipinski definition) is 1. The van der Waals surface area contributed by atoms with Crippen LogP contribution in [0.15, 0.2) is 59.5 Å². The Bertz CT molecular complexity index is 1010. The van der Waals surface area contributed by atoms with Gasteiger partial charge in [0.1, 0.15) is 5.75 Å². The van der Waals surface area contributed by atoms with Crippen LogP contribution in [0, 0.1) is 5.92 Å². The maximum absolute atomic E-state index is 12.9. The van der Waals surface area contributed by atoms with Gasteiger partial charge in [0.05, 0.1) is 12.0 Å². The fraction of sp³-hybridized carbons (Fsp3) is 0.480. The average molecular weight is 472 g/mol. The van der Waals surface area contributed by atoms with Gasteiger partial charge in [-0.05, 0) is 55.5 Å². The highest BCUT2D eigenvalue weighted by atomic mass is 32.2. The van der Waals surface area contributed by atoms with E-state index in [0.29, 0.717) is 31.7 Å². The van der Waals surface area contributed by atoms with Crippen molar-refractivity contribution in [2.45, 2.75) is 43.2 Å². The highest BCUT2D eigenvalue weighted by Crippen LogP contribution is 2.26. The van der Waals surface area contributed by atoms with Crippen molar-refractivity contribution in [3.8, 4) is 5.75 Å². The van der Waals surface area contributed by atoms with E-state index in [4.69, 9.17) is 4.74 Å². The second-order valence-corrected chi connectivity index (χ2v) is 10.8. The molecular formula is C25H33N3O4S. The number of carbonyl (C=O) groups is 1. The zero-order valence-electron chi connectivity index (χ0n) is 19.2. The molecule has 7 nitrogen and oxygen atoms in total. The minimum atomic E-state index is -3.55. The Kier molecular flexibility index (Phi) is 7.67. The molecule has 0 saturated carbocycles. The summed E-state index contributed by atoms with van der Waals surface area (Å²) in [7, 11) is -2.01. The van der Waals surface area contributed by atoms with Gasteiger partial charge in [-0.2, -0.15) is 4.31 Å². The first-order chi connectivity index (χ1) is 16.0. The van der Waals surface area contributed by atoms with Gasteiger partial charge < -0.3 is 10.1 Å². The van der Waals surface area contributed by atoms with Gasteiger partial charge in [0.25, 0.3) is 0 Å². The number of amides is 1. The van der Waals surface area contributed by atoms with Crippen LogP contribution in [0.3, 0.4) is 0 Å². The van der Waals surface area contributed by atoms with Crippen LogP contribution in [0.2, 0.25) is 0 Å². The van der Waals surface area contributed by atoms with E-state index in [-0.39, 0.29) is 22.8 Å². The lowest BCUT2D eigenvalue weighted by Gasteiger charge is -2.34. The van der Waals surface area contributed by atoms with Crippen molar-refractivity contribution in [1.29, 1.82) is 0 Å². The van der Waals surface area contributed by atoms with Crippen LogP contribution >= 0.6 is 0 Å².